The van der Waals surface area contributed by atoms with Gasteiger partial charge in [0.1, 0.15) is 0 Å². The van der Waals surface area contributed by atoms with Crippen molar-refractivity contribution in [2.75, 3.05) is 13.1 Å². The van der Waals surface area contributed by atoms with Crippen LogP contribution in [-0.2, 0) is 9.59 Å². The number of aliphatic carboxylic acids is 1. The molecule has 0 aromatic heterocycles. The molecule has 0 heterocycles. The predicted octanol–water partition coefficient (Wildman–Crippen LogP) is 1.48. The number of carboxylic acid groups (broad SMARTS) is 1. The van der Waals surface area contributed by atoms with Crippen LogP contribution in [-0.4, -0.2) is 47.1 Å². The number of hydrogen-bond acceptors (Lipinski definition) is 3. The van der Waals surface area contributed by atoms with Crippen LogP contribution in [0.15, 0.2) is 0 Å². The van der Waals surface area contributed by atoms with Gasteiger partial charge in [0.05, 0.1) is 12.6 Å². The first-order valence-electron chi connectivity index (χ1n) is 7.24. The highest BCUT2D eigenvalue weighted by atomic mass is 16.4. The average Bonchev–Trinajstić information content (AvgIpc) is 3.17. The van der Waals surface area contributed by atoms with Crippen molar-refractivity contribution in [1.82, 2.24) is 10.2 Å². The summed E-state index contributed by atoms with van der Waals surface area (Å²) in [6.07, 6.45) is 4.10. The summed E-state index contributed by atoms with van der Waals surface area (Å²) in [5.41, 5.74) is 0. The lowest BCUT2D eigenvalue weighted by molar-refractivity contribution is -0.140. The van der Waals surface area contributed by atoms with E-state index in [4.69, 9.17) is 5.11 Å². The molecule has 1 unspecified atom stereocenters. The van der Waals surface area contributed by atoms with E-state index < -0.39 is 5.97 Å². The lowest BCUT2D eigenvalue weighted by atomic mass is 10.1. The fraction of sp³-hybridized carbons (Fsp3) is 0.857. The number of nitrogens with one attached hydrogen (secondary N) is 1. The van der Waals surface area contributed by atoms with Crippen LogP contribution in [0.1, 0.15) is 46.5 Å². The molecular formula is C14H26N2O3. The van der Waals surface area contributed by atoms with Gasteiger partial charge in [0.25, 0.3) is 0 Å². The van der Waals surface area contributed by atoms with Gasteiger partial charge in [0, 0.05) is 12.6 Å². The number of carbonyl (C=O) groups is 2. The quantitative estimate of drug-likeness (QED) is 0.666. The molecule has 19 heavy (non-hydrogen) atoms. The first-order chi connectivity index (χ1) is 8.97. The maximum absolute atomic E-state index is 12.2. The molecule has 0 spiro atoms. The van der Waals surface area contributed by atoms with Crippen LogP contribution in [0.3, 0.4) is 0 Å². The third-order valence-corrected chi connectivity index (χ3v) is 3.79. The molecule has 2 N–H and O–H groups in total. The Bertz CT molecular complexity index is 312. The van der Waals surface area contributed by atoms with Crippen molar-refractivity contribution in [2.24, 2.45) is 5.92 Å². The fourth-order valence-electron chi connectivity index (χ4n) is 2.15. The summed E-state index contributed by atoms with van der Waals surface area (Å²) in [4.78, 5) is 24.8. The van der Waals surface area contributed by atoms with Gasteiger partial charge >= 0.3 is 5.97 Å². The van der Waals surface area contributed by atoms with Crippen molar-refractivity contribution >= 4 is 11.9 Å². The van der Waals surface area contributed by atoms with E-state index in [-0.39, 0.29) is 24.5 Å². The number of rotatable bonds is 9. The molecule has 5 nitrogen and oxygen atoms in total. The van der Waals surface area contributed by atoms with E-state index in [1.165, 1.54) is 0 Å². The second kappa shape index (κ2) is 7.48. The number of nitrogens with zero attached hydrogens (tertiary/aromatic N) is 1. The maximum atomic E-state index is 12.2. The Morgan fingerprint density at radius 3 is 2.32 bits per heavy atom. The van der Waals surface area contributed by atoms with Gasteiger partial charge < -0.3 is 10.4 Å². The Kier molecular flexibility index (Phi) is 6.28. The van der Waals surface area contributed by atoms with Crippen LogP contribution >= 0.6 is 0 Å². The second-order valence-corrected chi connectivity index (χ2v) is 5.46. The topological polar surface area (TPSA) is 69.6 Å². The lowest BCUT2D eigenvalue weighted by Gasteiger charge is -2.28. The van der Waals surface area contributed by atoms with Crippen LogP contribution in [0, 0.1) is 5.92 Å². The standard InChI is InChI=1S/C14H26N2O3/c1-4-12(5-2)15-14(19)10(3)16(9-13(17)18)8-11-6-7-11/h10-12H,4-9H2,1-3H3,(H,15,19)(H,17,18). The smallest absolute Gasteiger partial charge is 0.317 e. The van der Waals surface area contributed by atoms with Gasteiger partial charge in [0.15, 0.2) is 0 Å². The Hall–Kier alpha value is -1.10. The Morgan fingerprint density at radius 2 is 1.89 bits per heavy atom. The highest BCUT2D eigenvalue weighted by Gasteiger charge is 2.30. The number of hydrogen-bond donors (Lipinski definition) is 2. The van der Waals surface area contributed by atoms with Gasteiger partial charge in [-0.1, -0.05) is 13.8 Å². The van der Waals surface area contributed by atoms with Gasteiger partial charge in [-0.2, -0.15) is 0 Å². The van der Waals surface area contributed by atoms with Gasteiger partial charge in [-0.15, -0.1) is 0 Å². The minimum atomic E-state index is -0.872. The molecule has 1 fully saturated rings. The zero-order valence-electron chi connectivity index (χ0n) is 12.2. The Morgan fingerprint density at radius 1 is 1.32 bits per heavy atom. The molecule has 0 aromatic rings. The van der Waals surface area contributed by atoms with E-state index in [0.29, 0.717) is 12.5 Å². The first kappa shape index (κ1) is 16.0. The predicted molar refractivity (Wildman–Crippen MR) is 73.9 cm³/mol. The van der Waals surface area contributed by atoms with Crippen molar-refractivity contribution < 1.29 is 14.7 Å². The molecule has 1 aliphatic rings. The lowest BCUT2D eigenvalue weighted by Crippen LogP contribution is -2.50. The fourth-order valence-corrected chi connectivity index (χ4v) is 2.15. The summed E-state index contributed by atoms with van der Waals surface area (Å²) in [5, 5.41) is 11.9. The van der Waals surface area contributed by atoms with Crippen molar-refractivity contribution in [3.05, 3.63) is 0 Å². The van der Waals surface area contributed by atoms with E-state index in [0.717, 1.165) is 25.7 Å². The van der Waals surface area contributed by atoms with E-state index in [9.17, 15) is 9.59 Å². The summed E-state index contributed by atoms with van der Waals surface area (Å²) < 4.78 is 0. The van der Waals surface area contributed by atoms with Crippen molar-refractivity contribution in [2.45, 2.75) is 58.5 Å². The molecule has 110 valence electrons. The molecule has 5 heteroatoms. The summed E-state index contributed by atoms with van der Waals surface area (Å²) in [6.45, 7) is 6.53. The molecular weight excluding hydrogens is 244 g/mol. The zero-order valence-corrected chi connectivity index (χ0v) is 12.2. The largest absolute Gasteiger partial charge is 0.480 e. The van der Waals surface area contributed by atoms with Gasteiger partial charge in [0.2, 0.25) is 5.91 Å². The molecule has 0 aliphatic heterocycles. The molecule has 0 radical (unpaired) electrons. The minimum absolute atomic E-state index is 0.0596. The third-order valence-electron chi connectivity index (χ3n) is 3.79. The van der Waals surface area contributed by atoms with E-state index in [1.807, 2.05) is 13.8 Å². The third kappa shape index (κ3) is 5.59. The summed E-state index contributed by atoms with van der Waals surface area (Å²) in [7, 11) is 0. The highest BCUT2D eigenvalue weighted by Crippen LogP contribution is 2.30. The van der Waals surface area contributed by atoms with E-state index in [2.05, 4.69) is 5.32 Å². The molecule has 0 bridgehead atoms. The van der Waals surface area contributed by atoms with Crippen LogP contribution in [0.5, 0.6) is 0 Å². The van der Waals surface area contributed by atoms with Crippen molar-refractivity contribution in [3.8, 4) is 0 Å². The molecule has 1 saturated carbocycles. The Labute approximate surface area is 115 Å². The first-order valence-corrected chi connectivity index (χ1v) is 7.24. The van der Waals surface area contributed by atoms with Gasteiger partial charge in [-0.05, 0) is 38.5 Å². The van der Waals surface area contributed by atoms with E-state index in [1.54, 1.807) is 11.8 Å². The van der Waals surface area contributed by atoms with Crippen molar-refractivity contribution in [1.29, 1.82) is 0 Å². The number of amides is 1. The monoisotopic (exact) mass is 270 g/mol. The van der Waals surface area contributed by atoms with E-state index >= 15 is 0 Å². The SMILES string of the molecule is CCC(CC)NC(=O)C(C)N(CC(=O)O)CC1CC1. The molecule has 1 aliphatic carbocycles. The molecule has 1 atom stereocenters. The molecule has 0 saturated heterocycles. The van der Waals surface area contributed by atoms with Crippen LogP contribution in [0.2, 0.25) is 0 Å². The normalized spacial score (nSPS) is 16.7. The summed E-state index contributed by atoms with van der Waals surface area (Å²) in [5.74, 6) is -0.360. The second-order valence-electron chi connectivity index (χ2n) is 5.46. The number of carboxylic acids is 1. The van der Waals surface area contributed by atoms with Gasteiger partial charge in [-0.3, -0.25) is 14.5 Å². The maximum Gasteiger partial charge on any atom is 0.317 e. The molecule has 1 rings (SSSR count). The Balaban J connectivity index is 2.54. The highest BCUT2D eigenvalue weighted by molar-refractivity contribution is 5.82. The molecule has 0 aromatic carbocycles. The van der Waals surface area contributed by atoms with Crippen molar-refractivity contribution in [3.63, 3.8) is 0 Å². The van der Waals surface area contributed by atoms with Crippen LogP contribution in [0.4, 0.5) is 0 Å². The minimum Gasteiger partial charge on any atom is -0.480 e. The van der Waals surface area contributed by atoms with Crippen LogP contribution < -0.4 is 5.32 Å². The number of carbonyl (C=O) groups excluding carboxylic acids is 1. The average molecular weight is 270 g/mol. The zero-order chi connectivity index (χ0) is 14.4. The van der Waals surface area contributed by atoms with Crippen LogP contribution in [0.25, 0.3) is 0 Å². The summed E-state index contributed by atoms with van der Waals surface area (Å²) in [6, 6.07) is -0.195. The summed E-state index contributed by atoms with van der Waals surface area (Å²) >= 11 is 0. The van der Waals surface area contributed by atoms with Gasteiger partial charge in [-0.25, -0.2) is 0 Å². The molecule has 1 amide bonds.